The predicted molar refractivity (Wildman–Crippen MR) is 78.1 cm³/mol. The van der Waals surface area contributed by atoms with E-state index in [0.29, 0.717) is 15.7 Å². The van der Waals surface area contributed by atoms with Crippen molar-refractivity contribution < 1.29 is 9.59 Å². The minimum atomic E-state index is -0.455. The number of rotatable bonds is 3. The number of aryl methyl sites for hydroxylation is 1. The van der Waals surface area contributed by atoms with Gasteiger partial charge in [0, 0.05) is 31.2 Å². The molecule has 2 N–H and O–H groups in total. The molecule has 2 heterocycles. The van der Waals surface area contributed by atoms with Gasteiger partial charge in [0.2, 0.25) is 5.43 Å². The van der Waals surface area contributed by atoms with Crippen LogP contribution in [0.5, 0.6) is 0 Å². The first-order valence-corrected chi connectivity index (χ1v) is 6.54. The summed E-state index contributed by atoms with van der Waals surface area (Å²) in [7, 11) is 1.66. The lowest BCUT2D eigenvalue weighted by Crippen LogP contribution is -2.20. The van der Waals surface area contributed by atoms with Crippen molar-refractivity contribution in [2.75, 3.05) is 5.32 Å². The highest BCUT2D eigenvalue weighted by atomic mass is 79.9. The zero-order chi connectivity index (χ0) is 14.9. The third-order valence-electron chi connectivity index (χ3n) is 2.79. The van der Waals surface area contributed by atoms with E-state index in [4.69, 9.17) is 0 Å². The summed E-state index contributed by atoms with van der Waals surface area (Å²) in [5.74, 6) is -0.580. The second kappa shape index (κ2) is 5.46. The van der Waals surface area contributed by atoms with E-state index in [1.54, 1.807) is 13.2 Å². The largest absolute Gasteiger partial charge is 0.365 e. The zero-order valence-electron chi connectivity index (χ0n) is 10.9. The number of nitrogens with zero attached hydrogens (tertiary/aromatic N) is 1. The maximum atomic E-state index is 12.1. The number of Topliss-reactive ketones (excluding diaryl/α,β-unsaturated/α-hetero) is 1. The second-order valence-electron chi connectivity index (χ2n) is 4.28. The number of aromatic amines is 1. The summed E-state index contributed by atoms with van der Waals surface area (Å²) >= 11 is 3.08. The maximum absolute atomic E-state index is 12.1. The lowest BCUT2D eigenvalue weighted by atomic mass is 10.2. The van der Waals surface area contributed by atoms with Crippen LogP contribution in [0.1, 0.15) is 27.8 Å². The normalized spacial score (nSPS) is 10.3. The highest BCUT2D eigenvalue weighted by molar-refractivity contribution is 9.10. The standard InChI is InChI=1S/C13H12BrN3O3/c1-7(18)8-3-11(17(2)6-8)13(20)16-10-5-15-4-9(14)12(10)19/h3-6H,1-2H3,(H,15,19)(H,16,20). The molecular formula is C13H12BrN3O3. The second-order valence-corrected chi connectivity index (χ2v) is 5.14. The van der Waals surface area contributed by atoms with Gasteiger partial charge in [0.25, 0.3) is 5.91 Å². The van der Waals surface area contributed by atoms with Gasteiger partial charge >= 0.3 is 0 Å². The Morgan fingerprint density at radius 1 is 1.35 bits per heavy atom. The van der Waals surface area contributed by atoms with Gasteiger partial charge in [-0.15, -0.1) is 0 Å². The summed E-state index contributed by atoms with van der Waals surface area (Å²) in [5, 5.41) is 2.52. The molecule has 2 aromatic heterocycles. The first-order chi connectivity index (χ1) is 9.40. The van der Waals surface area contributed by atoms with Gasteiger partial charge in [-0.1, -0.05) is 0 Å². The number of halogens is 1. The van der Waals surface area contributed by atoms with Crippen LogP contribution in [0.25, 0.3) is 0 Å². The van der Waals surface area contributed by atoms with Crippen LogP contribution in [0, 0.1) is 0 Å². The van der Waals surface area contributed by atoms with Crippen LogP contribution >= 0.6 is 15.9 Å². The molecule has 0 saturated carbocycles. The third kappa shape index (κ3) is 2.72. The summed E-state index contributed by atoms with van der Waals surface area (Å²) in [5.41, 5.74) is 0.559. The van der Waals surface area contributed by atoms with Gasteiger partial charge in [0.15, 0.2) is 5.78 Å². The molecule has 0 aliphatic rings. The lowest BCUT2D eigenvalue weighted by Gasteiger charge is -2.05. The number of hydrogen-bond donors (Lipinski definition) is 2. The van der Waals surface area contributed by atoms with Crippen molar-refractivity contribution in [3.8, 4) is 0 Å². The maximum Gasteiger partial charge on any atom is 0.272 e. The number of ketones is 1. The van der Waals surface area contributed by atoms with Crippen LogP contribution in [-0.2, 0) is 7.05 Å². The number of carbonyl (C=O) groups excluding carboxylic acids is 2. The van der Waals surface area contributed by atoms with Crippen molar-refractivity contribution in [2.24, 2.45) is 7.05 Å². The number of hydrogen-bond acceptors (Lipinski definition) is 3. The average Bonchev–Trinajstić information content (AvgIpc) is 2.77. The first-order valence-electron chi connectivity index (χ1n) is 5.75. The molecule has 0 bridgehead atoms. The van der Waals surface area contributed by atoms with Crippen molar-refractivity contribution in [3.05, 3.63) is 50.6 Å². The Morgan fingerprint density at radius 2 is 2.05 bits per heavy atom. The summed E-state index contributed by atoms with van der Waals surface area (Å²) in [4.78, 5) is 37.9. The highest BCUT2D eigenvalue weighted by Gasteiger charge is 2.15. The summed E-state index contributed by atoms with van der Waals surface area (Å²) in [6.07, 6.45) is 4.45. The molecule has 0 saturated heterocycles. The molecule has 1 amide bonds. The topological polar surface area (TPSA) is 84.0 Å². The zero-order valence-corrected chi connectivity index (χ0v) is 12.4. The Labute approximate surface area is 122 Å². The van der Waals surface area contributed by atoms with Gasteiger partial charge in [0.05, 0.1) is 4.47 Å². The Bertz CT molecular complexity index is 746. The molecule has 0 aromatic carbocycles. The molecule has 6 nitrogen and oxygen atoms in total. The number of aromatic nitrogens is 2. The van der Waals surface area contributed by atoms with Crippen LogP contribution in [-0.4, -0.2) is 21.2 Å². The van der Waals surface area contributed by atoms with Gasteiger partial charge in [-0.05, 0) is 28.9 Å². The van der Waals surface area contributed by atoms with E-state index in [-0.39, 0.29) is 16.9 Å². The van der Waals surface area contributed by atoms with E-state index in [9.17, 15) is 14.4 Å². The summed E-state index contributed by atoms with van der Waals surface area (Å²) in [6.45, 7) is 1.43. The van der Waals surface area contributed by atoms with Crippen molar-refractivity contribution >= 4 is 33.3 Å². The van der Waals surface area contributed by atoms with E-state index < -0.39 is 5.91 Å². The first kappa shape index (κ1) is 14.3. The van der Waals surface area contributed by atoms with Crippen molar-refractivity contribution in [1.29, 1.82) is 0 Å². The van der Waals surface area contributed by atoms with Crippen molar-refractivity contribution in [2.45, 2.75) is 6.92 Å². The molecule has 0 unspecified atom stereocenters. The van der Waals surface area contributed by atoms with Gasteiger partial charge in [-0.3, -0.25) is 14.4 Å². The smallest absolute Gasteiger partial charge is 0.272 e. The SMILES string of the molecule is CC(=O)c1cc(C(=O)Nc2c[nH]cc(Br)c2=O)n(C)c1. The number of nitrogens with one attached hydrogen (secondary N) is 2. The molecule has 2 aromatic rings. The van der Waals surface area contributed by atoms with E-state index in [1.807, 2.05) is 0 Å². The Balaban J connectivity index is 2.31. The Morgan fingerprint density at radius 3 is 2.65 bits per heavy atom. The molecule has 0 fully saturated rings. The Kier molecular flexibility index (Phi) is 3.89. The molecule has 0 atom stereocenters. The van der Waals surface area contributed by atoms with Gasteiger partial charge in [0.1, 0.15) is 11.4 Å². The number of H-pyrrole nitrogens is 1. The lowest BCUT2D eigenvalue weighted by molar-refractivity contribution is 0.101. The van der Waals surface area contributed by atoms with E-state index in [1.165, 1.54) is 30.0 Å². The fraction of sp³-hybridized carbons (Fsp3) is 0.154. The minimum Gasteiger partial charge on any atom is -0.365 e. The number of amides is 1. The van der Waals surface area contributed by atoms with Crippen LogP contribution in [0.15, 0.2) is 33.9 Å². The quantitative estimate of drug-likeness (QED) is 0.839. The summed E-state index contributed by atoms with van der Waals surface area (Å²) < 4.78 is 1.87. The van der Waals surface area contributed by atoms with Crippen LogP contribution in [0.4, 0.5) is 5.69 Å². The molecule has 7 heteroatoms. The molecule has 2 rings (SSSR count). The Hall–Kier alpha value is -2.15. The van der Waals surface area contributed by atoms with Crippen LogP contribution in [0.3, 0.4) is 0 Å². The summed E-state index contributed by atoms with van der Waals surface area (Å²) in [6, 6.07) is 1.49. The number of anilines is 1. The fourth-order valence-electron chi connectivity index (χ4n) is 1.72. The van der Waals surface area contributed by atoms with Gasteiger partial charge in [-0.25, -0.2) is 0 Å². The molecule has 104 valence electrons. The molecular weight excluding hydrogens is 326 g/mol. The van der Waals surface area contributed by atoms with E-state index >= 15 is 0 Å². The number of pyridine rings is 1. The highest BCUT2D eigenvalue weighted by Crippen LogP contribution is 2.11. The van der Waals surface area contributed by atoms with Crippen molar-refractivity contribution in [3.63, 3.8) is 0 Å². The van der Waals surface area contributed by atoms with Crippen molar-refractivity contribution in [1.82, 2.24) is 9.55 Å². The predicted octanol–water partition coefficient (Wildman–Crippen LogP) is 1.93. The fourth-order valence-corrected chi connectivity index (χ4v) is 2.07. The molecule has 0 aliphatic carbocycles. The average molecular weight is 338 g/mol. The van der Waals surface area contributed by atoms with Gasteiger partial charge < -0.3 is 14.9 Å². The number of carbonyl (C=O) groups is 2. The van der Waals surface area contributed by atoms with Crippen LogP contribution in [0.2, 0.25) is 0 Å². The van der Waals surface area contributed by atoms with Crippen LogP contribution < -0.4 is 10.7 Å². The monoisotopic (exact) mass is 337 g/mol. The van der Waals surface area contributed by atoms with Gasteiger partial charge in [-0.2, -0.15) is 0 Å². The minimum absolute atomic E-state index is 0.125. The van der Waals surface area contributed by atoms with E-state index in [0.717, 1.165) is 0 Å². The van der Waals surface area contributed by atoms with E-state index in [2.05, 4.69) is 26.2 Å². The third-order valence-corrected chi connectivity index (χ3v) is 3.38. The molecule has 0 aliphatic heterocycles. The molecule has 20 heavy (non-hydrogen) atoms. The molecule has 0 radical (unpaired) electrons. The molecule has 0 spiro atoms.